The Morgan fingerprint density at radius 2 is 2.14 bits per heavy atom. The van der Waals surface area contributed by atoms with Crippen LogP contribution in [0.25, 0.3) is 0 Å². The van der Waals surface area contributed by atoms with Crippen LogP contribution < -0.4 is 5.32 Å². The second kappa shape index (κ2) is 7.24. The highest BCUT2D eigenvalue weighted by Gasteiger charge is 2.60. The number of anilines is 1. The molecular weight excluding hydrogens is 356 g/mol. The standard InChI is InChI=1S/C22H28N2O4/c1-4-14-12-24-10-9-22(17-7-5-6-8-18(17)23-21(22)26)19(24)11-15(14)16(13-27-2)20(25)28-3/h5-8,13-15,19H,4,9-12H2,1-3H3,(H,23,26)/t14?,15?,19?,22-/m1/s1. The van der Waals surface area contributed by atoms with E-state index in [9.17, 15) is 9.59 Å². The Morgan fingerprint density at radius 3 is 2.86 bits per heavy atom. The summed E-state index contributed by atoms with van der Waals surface area (Å²) in [5.41, 5.74) is 2.05. The fraction of sp³-hybridized carbons (Fsp3) is 0.545. The molecular formula is C22H28N2O4. The van der Waals surface area contributed by atoms with Gasteiger partial charge in [0.1, 0.15) is 0 Å². The van der Waals surface area contributed by atoms with Crippen molar-refractivity contribution in [2.24, 2.45) is 11.8 Å². The maximum Gasteiger partial charge on any atom is 0.337 e. The lowest BCUT2D eigenvalue weighted by molar-refractivity contribution is -0.137. The van der Waals surface area contributed by atoms with E-state index in [-0.39, 0.29) is 23.8 Å². The van der Waals surface area contributed by atoms with Crippen LogP contribution in [-0.2, 0) is 24.5 Å². The number of fused-ring (bicyclic) bond motifs is 4. The molecule has 28 heavy (non-hydrogen) atoms. The highest BCUT2D eigenvalue weighted by Crippen LogP contribution is 2.53. The van der Waals surface area contributed by atoms with E-state index in [1.54, 1.807) is 7.11 Å². The number of hydrogen-bond acceptors (Lipinski definition) is 5. The Labute approximate surface area is 165 Å². The smallest absolute Gasteiger partial charge is 0.337 e. The van der Waals surface area contributed by atoms with Crippen LogP contribution in [-0.4, -0.2) is 50.1 Å². The predicted octanol–water partition coefficient (Wildman–Crippen LogP) is 2.70. The zero-order valence-corrected chi connectivity index (χ0v) is 16.7. The molecule has 0 radical (unpaired) electrons. The van der Waals surface area contributed by atoms with E-state index in [1.807, 2.05) is 18.2 Å². The van der Waals surface area contributed by atoms with Gasteiger partial charge >= 0.3 is 5.97 Å². The monoisotopic (exact) mass is 384 g/mol. The Kier molecular flexibility index (Phi) is 4.91. The van der Waals surface area contributed by atoms with Gasteiger partial charge in [0.15, 0.2) is 0 Å². The summed E-state index contributed by atoms with van der Waals surface area (Å²) in [7, 11) is 2.95. The lowest BCUT2D eigenvalue weighted by Crippen LogP contribution is -2.53. The van der Waals surface area contributed by atoms with Crippen molar-refractivity contribution in [2.45, 2.75) is 37.6 Å². The largest absolute Gasteiger partial charge is 0.504 e. The second-order valence-corrected chi connectivity index (χ2v) is 8.04. The van der Waals surface area contributed by atoms with Crippen LogP contribution >= 0.6 is 0 Å². The topological polar surface area (TPSA) is 67.9 Å². The zero-order valence-electron chi connectivity index (χ0n) is 16.7. The number of benzene rings is 1. The van der Waals surface area contributed by atoms with E-state index in [0.29, 0.717) is 11.5 Å². The summed E-state index contributed by atoms with van der Waals surface area (Å²) >= 11 is 0. The molecule has 1 aromatic rings. The molecule has 1 N–H and O–H groups in total. The van der Waals surface area contributed by atoms with Gasteiger partial charge in [-0.2, -0.15) is 0 Å². The number of ether oxygens (including phenoxy) is 2. The molecule has 3 unspecified atom stereocenters. The van der Waals surface area contributed by atoms with Crippen molar-refractivity contribution in [2.75, 3.05) is 32.6 Å². The fourth-order valence-electron chi connectivity index (χ4n) is 5.63. The Hall–Kier alpha value is -2.34. The Balaban J connectivity index is 1.74. The molecule has 2 fully saturated rings. The minimum atomic E-state index is -0.540. The molecule has 150 valence electrons. The van der Waals surface area contributed by atoms with Crippen molar-refractivity contribution >= 4 is 17.6 Å². The molecule has 1 aromatic carbocycles. The van der Waals surface area contributed by atoms with E-state index in [2.05, 4.69) is 23.2 Å². The van der Waals surface area contributed by atoms with E-state index >= 15 is 0 Å². The number of piperidine rings is 1. The SMILES string of the molecule is CCC1CN2CC[C@]3(C(=O)Nc4ccccc43)C2CC1C(=COC)C(=O)OC. The number of nitrogens with zero attached hydrogens (tertiary/aromatic N) is 1. The van der Waals surface area contributed by atoms with Gasteiger partial charge in [0.05, 0.1) is 31.5 Å². The summed E-state index contributed by atoms with van der Waals surface area (Å²) in [6.45, 7) is 3.93. The molecule has 2 saturated heterocycles. The first kappa shape index (κ1) is 19.0. The average molecular weight is 384 g/mol. The van der Waals surface area contributed by atoms with Crippen molar-refractivity contribution in [3.63, 3.8) is 0 Å². The molecule has 0 saturated carbocycles. The van der Waals surface area contributed by atoms with Gasteiger partial charge in [-0.1, -0.05) is 31.5 Å². The van der Waals surface area contributed by atoms with Crippen LogP contribution in [0.4, 0.5) is 5.69 Å². The van der Waals surface area contributed by atoms with E-state index < -0.39 is 5.41 Å². The van der Waals surface area contributed by atoms with Gasteiger partial charge in [-0.25, -0.2) is 4.79 Å². The average Bonchev–Trinajstić information content (AvgIpc) is 3.23. The van der Waals surface area contributed by atoms with Gasteiger partial charge in [0, 0.05) is 18.3 Å². The van der Waals surface area contributed by atoms with Crippen LogP contribution in [0.15, 0.2) is 36.1 Å². The first-order valence-electron chi connectivity index (χ1n) is 10.0. The maximum atomic E-state index is 13.2. The third-order valence-corrected chi connectivity index (χ3v) is 6.97. The molecule has 0 aromatic heterocycles. The van der Waals surface area contributed by atoms with Gasteiger partial charge in [0.25, 0.3) is 0 Å². The molecule has 4 rings (SSSR count). The first-order valence-corrected chi connectivity index (χ1v) is 10.0. The number of hydrogen-bond donors (Lipinski definition) is 1. The molecule has 0 bridgehead atoms. The van der Waals surface area contributed by atoms with Crippen LogP contribution in [0.3, 0.4) is 0 Å². The van der Waals surface area contributed by atoms with Gasteiger partial charge in [0.2, 0.25) is 5.91 Å². The highest BCUT2D eigenvalue weighted by molar-refractivity contribution is 6.07. The van der Waals surface area contributed by atoms with Gasteiger partial charge in [-0.15, -0.1) is 0 Å². The zero-order chi connectivity index (χ0) is 19.9. The summed E-state index contributed by atoms with van der Waals surface area (Å²) in [5.74, 6) is 0.0769. The minimum absolute atomic E-state index is 0.00851. The number of carbonyl (C=O) groups excluding carboxylic acids is 2. The number of esters is 1. The number of amides is 1. The summed E-state index contributed by atoms with van der Waals surface area (Å²) in [6.07, 6.45) is 4.04. The van der Waals surface area contributed by atoms with Crippen molar-refractivity contribution < 1.29 is 19.1 Å². The van der Waals surface area contributed by atoms with Gasteiger partial charge in [-0.3, -0.25) is 9.69 Å². The fourth-order valence-corrected chi connectivity index (χ4v) is 5.63. The van der Waals surface area contributed by atoms with Crippen molar-refractivity contribution in [3.05, 3.63) is 41.7 Å². The first-order chi connectivity index (χ1) is 13.6. The van der Waals surface area contributed by atoms with E-state index in [0.717, 1.165) is 43.6 Å². The molecule has 3 heterocycles. The predicted molar refractivity (Wildman–Crippen MR) is 106 cm³/mol. The number of methoxy groups -OCH3 is 2. The molecule has 1 amide bonds. The van der Waals surface area contributed by atoms with Crippen LogP contribution in [0.5, 0.6) is 0 Å². The third-order valence-electron chi connectivity index (χ3n) is 6.97. The number of rotatable bonds is 4. The molecule has 4 atom stereocenters. The summed E-state index contributed by atoms with van der Waals surface area (Å²) in [5, 5.41) is 3.10. The molecule has 6 nitrogen and oxygen atoms in total. The Morgan fingerprint density at radius 1 is 1.36 bits per heavy atom. The van der Waals surface area contributed by atoms with Gasteiger partial charge < -0.3 is 14.8 Å². The van der Waals surface area contributed by atoms with Crippen molar-refractivity contribution in [3.8, 4) is 0 Å². The normalized spacial score (nSPS) is 32.0. The second-order valence-electron chi connectivity index (χ2n) is 8.04. The van der Waals surface area contributed by atoms with Crippen molar-refractivity contribution in [1.29, 1.82) is 0 Å². The van der Waals surface area contributed by atoms with Crippen LogP contribution in [0.2, 0.25) is 0 Å². The molecule has 3 aliphatic heterocycles. The minimum Gasteiger partial charge on any atom is -0.504 e. The van der Waals surface area contributed by atoms with Crippen molar-refractivity contribution in [1.82, 2.24) is 4.90 Å². The van der Waals surface area contributed by atoms with Crippen LogP contribution in [0.1, 0.15) is 31.7 Å². The third kappa shape index (κ3) is 2.65. The molecule has 1 spiro atoms. The molecule has 6 heteroatoms. The number of para-hydroxylation sites is 1. The lowest BCUT2D eigenvalue weighted by Gasteiger charge is -2.45. The summed E-state index contributed by atoms with van der Waals surface area (Å²) in [4.78, 5) is 28.1. The molecule has 3 aliphatic rings. The molecule has 0 aliphatic carbocycles. The quantitative estimate of drug-likeness (QED) is 0.491. The summed E-state index contributed by atoms with van der Waals surface area (Å²) in [6, 6.07) is 8.07. The number of nitrogens with one attached hydrogen (secondary N) is 1. The Bertz CT molecular complexity index is 821. The van der Waals surface area contributed by atoms with Gasteiger partial charge in [-0.05, 0) is 42.9 Å². The van der Waals surface area contributed by atoms with E-state index in [1.165, 1.54) is 13.4 Å². The highest BCUT2D eigenvalue weighted by atomic mass is 16.5. The van der Waals surface area contributed by atoms with E-state index in [4.69, 9.17) is 9.47 Å². The summed E-state index contributed by atoms with van der Waals surface area (Å²) < 4.78 is 10.3. The van der Waals surface area contributed by atoms with Crippen LogP contribution in [0, 0.1) is 11.8 Å². The maximum absolute atomic E-state index is 13.2. The number of carbonyl (C=O) groups is 2. The lowest BCUT2D eigenvalue weighted by atomic mass is 9.67.